The minimum absolute atomic E-state index is 0.112. The molecule has 2 fully saturated rings. The molecule has 5 unspecified atom stereocenters. The number of hydrogen-bond donors (Lipinski definition) is 7. The van der Waals surface area contributed by atoms with Gasteiger partial charge in [0.1, 0.15) is 24.4 Å². The van der Waals surface area contributed by atoms with Gasteiger partial charge in [0.05, 0.1) is 50.2 Å². The topological polar surface area (TPSA) is 161 Å². The number of aliphatic hydroxyl groups excluding tert-OH is 6. The highest BCUT2D eigenvalue weighted by Gasteiger charge is 2.46. The Morgan fingerprint density at radius 3 is 1.60 bits per heavy atom. The summed E-state index contributed by atoms with van der Waals surface area (Å²) in [5.41, 5.74) is -0.346. The Hall–Kier alpha value is -0.400. The Kier molecular flexibility index (Phi) is 24.1. The summed E-state index contributed by atoms with van der Waals surface area (Å²) in [6.45, 7) is 4.83. The van der Waals surface area contributed by atoms with Crippen LogP contribution in [0.1, 0.15) is 162 Å². The quantitative estimate of drug-likeness (QED) is 0.0478. The summed E-state index contributed by atoms with van der Waals surface area (Å²) >= 11 is 0. The lowest BCUT2D eigenvalue weighted by Gasteiger charge is -2.46. The molecule has 0 aromatic heterocycles. The van der Waals surface area contributed by atoms with Crippen molar-refractivity contribution in [3.63, 3.8) is 0 Å². The minimum Gasteiger partial charge on any atom is -0.394 e. The molecular formula is C38H75NO9. The van der Waals surface area contributed by atoms with Crippen LogP contribution in [-0.4, -0.2) is 112 Å². The second kappa shape index (κ2) is 26.4. The van der Waals surface area contributed by atoms with Crippen LogP contribution in [0.4, 0.5) is 0 Å². The molecule has 8 atom stereocenters. The Morgan fingerprint density at radius 1 is 0.667 bits per heavy atom. The van der Waals surface area contributed by atoms with Gasteiger partial charge in [0.15, 0.2) is 6.29 Å². The largest absolute Gasteiger partial charge is 0.394 e. The van der Waals surface area contributed by atoms with Gasteiger partial charge in [-0.15, -0.1) is 0 Å². The summed E-state index contributed by atoms with van der Waals surface area (Å²) in [7, 11) is 0. The fourth-order valence-electron chi connectivity index (χ4n) is 7.08. The van der Waals surface area contributed by atoms with E-state index < -0.39 is 55.6 Å². The average molecular weight is 690 g/mol. The molecule has 0 aromatic carbocycles. The van der Waals surface area contributed by atoms with Gasteiger partial charge in [0, 0.05) is 0 Å². The standard InChI is InChI=1S/C38H75NO9/c1-3-5-7-9-11-13-14-15-16-18-20-22-24-31(41)33(42)30(27-47-37-36(45)35(44)34(43)32(26-40)48-37)39-38(28-46-29-38)25-23-21-19-17-12-10-8-6-4-2/h30-37,39-45H,3-29H2,1-2H3/t30-,31+,32?,33-,34?,35?,36?,37?/m0/s1. The Labute approximate surface area is 292 Å². The molecule has 0 bridgehead atoms. The van der Waals surface area contributed by atoms with Crippen molar-refractivity contribution in [1.82, 2.24) is 5.32 Å². The van der Waals surface area contributed by atoms with Crippen molar-refractivity contribution < 1.29 is 44.8 Å². The van der Waals surface area contributed by atoms with E-state index in [2.05, 4.69) is 19.2 Å². The smallest absolute Gasteiger partial charge is 0.186 e. The zero-order chi connectivity index (χ0) is 35.0. The molecule has 286 valence electrons. The molecular weight excluding hydrogens is 614 g/mol. The van der Waals surface area contributed by atoms with Crippen molar-refractivity contribution in [1.29, 1.82) is 0 Å². The number of aliphatic hydroxyl groups is 6. The molecule has 0 aliphatic carbocycles. The second-order valence-corrected chi connectivity index (χ2v) is 14.9. The molecule has 0 aromatic rings. The van der Waals surface area contributed by atoms with Crippen LogP contribution >= 0.6 is 0 Å². The van der Waals surface area contributed by atoms with Gasteiger partial charge in [0.25, 0.3) is 0 Å². The van der Waals surface area contributed by atoms with Gasteiger partial charge in [-0.05, 0) is 12.8 Å². The van der Waals surface area contributed by atoms with Crippen LogP contribution < -0.4 is 5.32 Å². The first-order valence-corrected chi connectivity index (χ1v) is 19.9. The fraction of sp³-hybridized carbons (Fsp3) is 1.00. The van der Waals surface area contributed by atoms with E-state index in [0.29, 0.717) is 19.6 Å². The third-order valence-corrected chi connectivity index (χ3v) is 10.5. The predicted molar refractivity (Wildman–Crippen MR) is 190 cm³/mol. The van der Waals surface area contributed by atoms with Gasteiger partial charge in [-0.2, -0.15) is 0 Å². The average Bonchev–Trinajstić information content (AvgIpc) is 3.07. The first-order valence-electron chi connectivity index (χ1n) is 19.9. The van der Waals surface area contributed by atoms with Crippen LogP contribution in [0.3, 0.4) is 0 Å². The SMILES string of the molecule is CCCCCCCCCCCCCC[C@@H](O)[C@@H](O)[C@H](COC1OC(CO)C(O)C(O)C1O)NC1(CCCCCCCCCCC)COC1. The molecule has 2 aliphatic rings. The van der Waals surface area contributed by atoms with E-state index >= 15 is 0 Å². The van der Waals surface area contributed by atoms with Crippen molar-refractivity contribution in [3.8, 4) is 0 Å². The molecule has 10 heteroatoms. The van der Waals surface area contributed by atoms with Crippen molar-refractivity contribution in [2.75, 3.05) is 26.4 Å². The molecule has 0 spiro atoms. The molecule has 2 rings (SSSR count). The van der Waals surface area contributed by atoms with E-state index in [4.69, 9.17) is 14.2 Å². The van der Waals surface area contributed by atoms with Crippen molar-refractivity contribution >= 4 is 0 Å². The summed E-state index contributed by atoms with van der Waals surface area (Å²) in [4.78, 5) is 0. The van der Waals surface area contributed by atoms with Gasteiger partial charge in [0.2, 0.25) is 0 Å². The van der Waals surface area contributed by atoms with Gasteiger partial charge in [-0.3, -0.25) is 5.32 Å². The fourth-order valence-corrected chi connectivity index (χ4v) is 7.08. The normalized spacial score (nSPS) is 25.9. The lowest BCUT2D eigenvalue weighted by Crippen LogP contribution is -2.67. The third-order valence-electron chi connectivity index (χ3n) is 10.5. The van der Waals surface area contributed by atoms with Crippen LogP contribution in [0.2, 0.25) is 0 Å². The first kappa shape index (κ1) is 43.8. The summed E-state index contributed by atoms with van der Waals surface area (Å²) < 4.78 is 17.1. The second-order valence-electron chi connectivity index (χ2n) is 14.9. The van der Waals surface area contributed by atoms with E-state index in [1.54, 1.807) is 0 Å². The highest BCUT2D eigenvalue weighted by Crippen LogP contribution is 2.28. The third kappa shape index (κ3) is 16.7. The molecule has 48 heavy (non-hydrogen) atoms. The van der Waals surface area contributed by atoms with Crippen LogP contribution in [-0.2, 0) is 14.2 Å². The van der Waals surface area contributed by atoms with E-state index in [-0.39, 0.29) is 12.1 Å². The Balaban J connectivity index is 1.85. The number of rotatable bonds is 31. The predicted octanol–water partition coefficient (Wildman–Crippen LogP) is 5.26. The van der Waals surface area contributed by atoms with Gasteiger partial charge < -0.3 is 44.8 Å². The van der Waals surface area contributed by atoms with E-state index in [9.17, 15) is 30.6 Å². The maximum absolute atomic E-state index is 11.4. The number of unbranched alkanes of at least 4 members (excludes halogenated alkanes) is 19. The number of hydrogen-bond acceptors (Lipinski definition) is 10. The summed E-state index contributed by atoms with van der Waals surface area (Å²) in [5.74, 6) is 0. The van der Waals surface area contributed by atoms with E-state index in [1.807, 2.05) is 0 Å². The summed E-state index contributed by atoms with van der Waals surface area (Å²) in [6.07, 6.45) is 18.1. The van der Waals surface area contributed by atoms with Crippen LogP contribution in [0, 0.1) is 0 Å². The van der Waals surface area contributed by atoms with Crippen LogP contribution in [0.5, 0.6) is 0 Å². The molecule has 2 saturated heterocycles. The van der Waals surface area contributed by atoms with Crippen LogP contribution in [0.15, 0.2) is 0 Å². The molecule has 7 N–H and O–H groups in total. The number of nitrogens with one attached hydrogen (secondary N) is 1. The van der Waals surface area contributed by atoms with Gasteiger partial charge in [-0.1, -0.05) is 149 Å². The highest BCUT2D eigenvalue weighted by atomic mass is 16.7. The van der Waals surface area contributed by atoms with Crippen LogP contribution in [0.25, 0.3) is 0 Å². The zero-order valence-corrected chi connectivity index (χ0v) is 30.6. The van der Waals surface area contributed by atoms with Crippen molar-refractivity contribution in [3.05, 3.63) is 0 Å². The molecule has 0 radical (unpaired) electrons. The lowest BCUT2D eigenvalue weighted by atomic mass is 9.87. The monoisotopic (exact) mass is 690 g/mol. The highest BCUT2D eigenvalue weighted by molar-refractivity contribution is 4.99. The Morgan fingerprint density at radius 2 is 1.15 bits per heavy atom. The number of ether oxygens (including phenoxy) is 3. The summed E-state index contributed by atoms with van der Waals surface area (Å²) in [6, 6.07) is -0.688. The molecule has 2 heterocycles. The van der Waals surface area contributed by atoms with Crippen molar-refractivity contribution in [2.24, 2.45) is 0 Å². The van der Waals surface area contributed by atoms with Gasteiger partial charge in [-0.25, -0.2) is 0 Å². The molecule has 2 aliphatic heterocycles. The molecule has 0 saturated carbocycles. The van der Waals surface area contributed by atoms with Gasteiger partial charge >= 0.3 is 0 Å². The maximum Gasteiger partial charge on any atom is 0.186 e. The van der Waals surface area contributed by atoms with E-state index in [0.717, 1.165) is 38.5 Å². The lowest BCUT2D eigenvalue weighted by molar-refractivity contribution is -0.303. The maximum atomic E-state index is 11.4. The first-order chi connectivity index (χ1) is 23.3. The minimum atomic E-state index is -1.55. The molecule has 0 amide bonds. The Bertz CT molecular complexity index is 756. The zero-order valence-electron chi connectivity index (χ0n) is 30.6. The summed E-state index contributed by atoms with van der Waals surface area (Å²) in [5, 5.41) is 66.5. The van der Waals surface area contributed by atoms with Crippen molar-refractivity contribution in [2.45, 2.75) is 216 Å². The van der Waals surface area contributed by atoms with E-state index in [1.165, 1.54) is 103 Å². The molecule has 10 nitrogen and oxygen atoms in total.